The number of piperidine rings is 1. The van der Waals surface area contributed by atoms with Gasteiger partial charge in [-0.15, -0.1) is 0 Å². The average Bonchev–Trinajstić information content (AvgIpc) is 3.09. The number of hydrogen-bond acceptors (Lipinski definition) is 3. The van der Waals surface area contributed by atoms with Crippen molar-refractivity contribution in [3.8, 4) is 0 Å². The summed E-state index contributed by atoms with van der Waals surface area (Å²) in [5, 5.41) is 10.2. The van der Waals surface area contributed by atoms with Gasteiger partial charge in [0.05, 0.1) is 5.60 Å². The van der Waals surface area contributed by atoms with Gasteiger partial charge in [-0.2, -0.15) is 17.0 Å². The summed E-state index contributed by atoms with van der Waals surface area (Å²) in [4.78, 5) is 0. The van der Waals surface area contributed by atoms with Crippen LogP contribution in [0.5, 0.6) is 0 Å². The lowest BCUT2D eigenvalue weighted by Crippen LogP contribution is -2.67. The van der Waals surface area contributed by atoms with Crippen LogP contribution in [-0.4, -0.2) is 53.4 Å². The van der Waals surface area contributed by atoms with Crippen molar-refractivity contribution in [3.63, 3.8) is 0 Å². The third kappa shape index (κ3) is 1.99. The molecule has 3 aliphatic rings. The quantitative estimate of drug-likeness (QED) is 0.818. The lowest BCUT2D eigenvalue weighted by atomic mass is 9.91. The van der Waals surface area contributed by atoms with E-state index >= 15 is 0 Å². The van der Waals surface area contributed by atoms with E-state index < -0.39 is 15.8 Å². The molecule has 18 heavy (non-hydrogen) atoms. The van der Waals surface area contributed by atoms with Crippen LogP contribution >= 0.6 is 0 Å². The van der Waals surface area contributed by atoms with Crippen molar-refractivity contribution >= 4 is 10.2 Å². The Bertz CT molecular complexity index is 427. The van der Waals surface area contributed by atoms with Crippen LogP contribution in [0.25, 0.3) is 0 Å². The summed E-state index contributed by atoms with van der Waals surface area (Å²) in [7, 11) is -3.34. The topological polar surface area (TPSA) is 60.9 Å². The maximum Gasteiger partial charge on any atom is 0.282 e. The van der Waals surface area contributed by atoms with Crippen molar-refractivity contribution in [2.45, 2.75) is 50.7 Å². The Labute approximate surface area is 109 Å². The van der Waals surface area contributed by atoms with Crippen LogP contribution in [0.3, 0.4) is 0 Å². The van der Waals surface area contributed by atoms with Gasteiger partial charge in [-0.25, -0.2) is 0 Å². The van der Waals surface area contributed by atoms with Crippen molar-refractivity contribution in [1.82, 2.24) is 8.61 Å². The lowest BCUT2D eigenvalue weighted by Gasteiger charge is -2.48. The molecule has 3 rings (SSSR count). The molecule has 0 aromatic carbocycles. The number of hydrogen-bond donors (Lipinski definition) is 1. The van der Waals surface area contributed by atoms with E-state index in [4.69, 9.17) is 0 Å². The fourth-order valence-corrected chi connectivity index (χ4v) is 5.16. The molecule has 0 aromatic rings. The first-order chi connectivity index (χ1) is 8.43. The first kappa shape index (κ1) is 12.8. The predicted molar refractivity (Wildman–Crippen MR) is 68.2 cm³/mol. The second-order valence-corrected chi connectivity index (χ2v) is 7.99. The Morgan fingerprint density at radius 3 is 2.39 bits per heavy atom. The number of β-amino-alcohol motifs (C(OH)–C–C–N with tert-alkyl or cyclic N) is 1. The largest absolute Gasteiger partial charge is 0.387 e. The molecule has 1 saturated carbocycles. The van der Waals surface area contributed by atoms with Gasteiger partial charge in [-0.05, 0) is 38.5 Å². The molecular weight excluding hydrogens is 252 g/mol. The van der Waals surface area contributed by atoms with Crippen LogP contribution in [0, 0.1) is 5.92 Å². The summed E-state index contributed by atoms with van der Waals surface area (Å²) in [6, 6.07) is 0.0957. The van der Waals surface area contributed by atoms with E-state index in [9.17, 15) is 13.5 Å². The second-order valence-electron chi connectivity index (χ2n) is 6.11. The van der Waals surface area contributed by atoms with Crippen LogP contribution in [0.15, 0.2) is 0 Å². The van der Waals surface area contributed by atoms with Gasteiger partial charge >= 0.3 is 0 Å². The molecule has 1 atom stereocenters. The Morgan fingerprint density at radius 2 is 1.83 bits per heavy atom. The van der Waals surface area contributed by atoms with Gasteiger partial charge in [0, 0.05) is 25.7 Å². The Hall–Kier alpha value is -0.170. The molecule has 2 heterocycles. The molecule has 0 spiro atoms. The monoisotopic (exact) mass is 274 g/mol. The molecule has 0 radical (unpaired) electrons. The zero-order chi connectivity index (χ0) is 13.0. The maximum absolute atomic E-state index is 12.4. The van der Waals surface area contributed by atoms with Gasteiger partial charge < -0.3 is 5.11 Å². The van der Waals surface area contributed by atoms with E-state index in [2.05, 4.69) is 0 Å². The van der Waals surface area contributed by atoms with Crippen LogP contribution in [0.4, 0.5) is 0 Å². The standard InChI is InChI=1S/C12H22N2O3S/c1-10-4-2-3-7-14(10)18(16,17)13-8-12(15,9-13)11-5-6-11/h10-11,15H,2-9H2,1H3. The minimum absolute atomic E-state index is 0.0957. The van der Waals surface area contributed by atoms with Crippen molar-refractivity contribution in [2.24, 2.45) is 5.92 Å². The van der Waals surface area contributed by atoms with Gasteiger partial charge in [0.15, 0.2) is 0 Å². The third-order valence-electron chi connectivity index (χ3n) is 4.60. The first-order valence-electron chi connectivity index (χ1n) is 6.93. The summed E-state index contributed by atoms with van der Waals surface area (Å²) < 4.78 is 28.0. The van der Waals surface area contributed by atoms with E-state index in [0.29, 0.717) is 25.6 Å². The van der Waals surface area contributed by atoms with Gasteiger partial charge in [0.1, 0.15) is 0 Å². The van der Waals surface area contributed by atoms with Crippen LogP contribution in [0.2, 0.25) is 0 Å². The van der Waals surface area contributed by atoms with Crippen LogP contribution in [-0.2, 0) is 10.2 Å². The summed E-state index contributed by atoms with van der Waals surface area (Å²) in [6.07, 6.45) is 5.10. The molecule has 1 aliphatic carbocycles. The molecule has 1 N–H and O–H groups in total. The molecule has 2 aliphatic heterocycles. The minimum atomic E-state index is -3.34. The normalized spacial score (nSPS) is 34.2. The molecule has 1 unspecified atom stereocenters. The Balaban J connectivity index is 1.68. The third-order valence-corrected chi connectivity index (χ3v) is 6.65. The fraction of sp³-hybridized carbons (Fsp3) is 1.00. The Morgan fingerprint density at radius 1 is 1.17 bits per heavy atom. The first-order valence-corrected chi connectivity index (χ1v) is 8.32. The molecular formula is C12H22N2O3S. The number of aliphatic hydroxyl groups is 1. The van der Waals surface area contributed by atoms with Gasteiger partial charge in [0.2, 0.25) is 0 Å². The highest BCUT2D eigenvalue weighted by Crippen LogP contribution is 2.45. The molecule has 104 valence electrons. The molecule has 0 bridgehead atoms. The highest BCUT2D eigenvalue weighted by Gasteiger charge is 2.56. The number of nitrogens with zero attached hydrogens (tertiary/aromatic N) is 2. The molecule has 0 amide bonds. The zero-order valence-corrected chi connectivity index (χ0v) is 11.7. The summed E-state index contributed by atoms with van der Waals surface area (Å²) >= 11 is 0. The van der Waals surface area contributed by atoms with E-state index in [1.807, 2.05) is 6.92 Å². The van der Waals surface area contributed by atoms with E-state index in [-0.39, 0.29) is 6.04 Å². The Kier molecular flexibility index (Phi) is 2.97. The molecule has 3 fully saturated rings. The molecule has 0 aromatic heterocycles. The minimum Gasteiger partial charge on any atom is -0.387 e. The van der Waals surface area contributed by atoms with E-state index in [1.54, 1.807) is 4.31 Å². The van der Waals surface area contributed by atoms with Gasteiger partial charge in [0.25, 0.3) is 10.2 Å². The van der Waals surface area contributed by atoms with Crippen molar-refractivity contribution in [1.29, 1.82) is 0 Å². The van der Waals surface area contributed by atoms with E-state index in [1.165, 1.54) is 4.31 Å². The SMILES string of the molecule is CC1CCCCN1S(=O)(=O)N1CC(O)(C2CC2)C1. The van der Waals surface area contributed by atoms with Crippen molar-refractivity contribution in [2.75, 3.05) is 19.6 Å². The van der Waals surface area contributed by atoms with Gasteiger partial charge in [-0.1, -0.05) is 6.42 Å². The lowest BCUT2D eigenvalue weighted by molar-refractivity contribution is -0.0790. The van der Waals surface area contributed by atoms with Crippen molar-refractivity contribution < 1.29 is 13.5 Å². The van der Waals surface area contributed by atoms with Gasteiger partial charge in [-0.3, -0.25) is 0 Å². The van der Waals surface area contributed by atoms with Crippen LogP contribution in [0.1, 0.15) is 39.0 Å². The molecule has 2 saturated heterocycles. The summed E-state index contributed by atoms with van der Waals surface area (Å²) in [5.74, 6) is 0.336. The van der Waals surface area contributed by atoms with E-state index in [0.717, 1.165) is 32.1 Å². The zero-order valence-electron chi connectivity index (χ0n) is 10.9. The van der Waals surface area contributed by atoms with Crippen LogP contribution < -0.4 is 0 Å². The highest BCUT2D eigenvalue weighted by molar-refractivity contribution is 7.86. The van der Waals surface area contributed by atoms with Crippen molar-refractivity contribution in [3.05, 3.63) is 0 Å². The summed E-state index contributed by atoms with van der Waals surface area (Å²) in [5.41, 5.74) is -0.730. The average molecular weight is 274 g/mol. The highest BCUT2D eigenvalue weighted by atomic mass is 32.2. The smallest absolute Gasteiger partial charge is 0.282 e. The fourth-order valence-electron chi connectivity index (χ4n) is 3.17. The molecule has 5 nitrogen and oxygen atoms in total. The molecule has 6 heteroatoms. The maximum atomic E-state index is 12.4. The summed E-state index contributed by atoms with van der Waals surface area (Å²) in [6.45, 7) is 3.19. The number of rotatable bonds is 3. The second kappa shape index (κ2) is 4.16. The predicted octanol–water partition coefficient (Wildman–Crippen LogP) is 0.562.